The zero-order valence-electron chi connectivity index (χ0n) is 15.9. The maximum atomic E-state index is 13.3. The molecule has 0 spiro atoms. The summed E-state index contributed by atoms with van der Waals surface area (Å²) in [5.41, 5.74) is -0.221. The molecular weight excluding hydrogens is 417 g/mol. The predicted molar refractivity (Wildman–Crippen MR) is 108 cm³/mol. The van der Waals surface area contributed by atoms with E-state index in [1.54, 1.807) is 30.3 Å². The number of benzene rings is 2. The summed E-state index contributed by atoms with van der Waals surface area (Å²) in [7, 11) is 0. The molecule has 0 N–H and O–H groups in total. The number of alkyl halides is 3. The first-order valence-corrected chi connectivity index (χ1v) is 9.97. The molecule has 156 valence electrons. The van der Waals surface area contributed by atoms with Crippen molar-refractivity contribution in [1.82, 2.24) is 4.90 Å². The summed E-state index contributed by atoms with van der Waals surface area (Å²) in [6.07, 6.45) is -1.91. The highest BCUT2D eigenvalue weighted by Crippen LogP contribution is 2.40. The molecule has 0 aliphatic carbocycles. The fourth-order valence-electron chi connectivity index (χ4n) is 3.90. The summed E-state index contributed by atoms with van der Waals surface area (Å²) in [6, 6.07) is 11.8. The molecule has 30 heavy (non-hydrogen) atoms. The topological polar surface area (TPSA) is 40.6 Å². The highest BCUT2D eigenvalue weighted by Gasteiger charge is 2.43. The van der Waals surface area contributed by atoms with E-state index in [1.165, 1.54) is 6.07 Å². The van der Waals surface area contributed by atoms with E-state index >= 15 is 0 Å². The Morgan fingerprint density at radius 2 is 1.53 bits per heavy atom. The number of halogens is 4. The summed E-state index contributed by atoms with van der Waals surface area (Å²) >= 11 is 5.71. The van der Waals surface area contributed by atoms with Gasteiger partial charge in [0.1, 0.15) is 5.70 Å². The van der Waals surface area contributed by atoms with Crippen LogP contribution >= 0.6 is 11.6 Å². The van der Waals surface area contributed by atoms with Gasteiger partial charge in [-0.3, -0.25) is 9.59 Å². The minimum atomic E-state index is -4.70. The van der Waals surface area contributed by atoms with Gasteiger partial charge in [-0.1, -0.05) is 41.9 Å². The van der Waals surface area contributed by atoms with Crippen molar-refractivity contribution in [2.45, 2.75) is 25.4 Å². The van der Waals surface area contributed by atoms with E-state index < -0.39 is 28.6 Å². The molecule has 2 aliphatic heterocycles. The highest BCUT2D eigenvalue weighted by atomic mass is 35.5. The van der Waals surface area contributed by atoms with Gasteiger partial charge < -0.3 is 4.90 Å². The number of likely N-dealkylation sites (tertiary alicyclic amines) is 1. The fourth-order valence-corrected chi connectivity index (χ4v) is 4.12. The van der Waals surface area contributed by atoms with Crippen molar-refractivity contribution in [1.29, 1.82) is 0 Å². The second-order valence-corrected chi connectivity index (χ2v) is 7.65. The van der Waals surface area contributed by atoms with Crippen molar-refractivity contribution in [3.8, 4) is 0 Å². The number of imide groups is 1. The van der Waals surface area contributed by atoms with Crippen LogP contribution < -0.4 is 4.90 Å². The van der Waals surface area contributed by atoms with E-state index in [0.29, 0.717) is 18.7 Å². The Balaban J connectivity index is 1.82. The fraction of sp³-hybridized carbons (Fsp3) is 0.273. The van der Waals surface area contributed by atoms with Crippen LogP contribution in [0.15, 0.2) is 54.2 Å². The Morgan fingerprint density at radius 1 is 0.867 bits per heavy atom. The minimum absolute atomic E-state index is 0.151. The predicted octanol–water partition coefficient (Wildman–Crippen LogP) is 5.13. The molecule has 0 aromatic heterocycles. The Kier molecular flexibility index (Phi) is 5.32. The van der Waals surface area contributed by atoms with Gasteiger partial charge in [-0.15, -0.1) is 0 Å². The van der Waals surface area contributed by atoms with Crippen LogP contribution in [0.4, 0.5) is 18.9 Å². The monoisotopic (exact) mass is 434 g/mol. The van der Waals surface area contributed by atoms with Crippen LogP contribution in [0, 0.1) is 0 Å². The number of carbonyl (C=O) groups excluding carboxylic acids is 2. The third-order valence-electron chi connectivity index (χ3n) is 5.31. The van der Waals surface area contributed by atoms with Gasteiger partial charge in [-0.25, -0.2) is 4.90 Å². The first-order valence-electron chi connectivity index (χ1n) is 9.59. The zero-order chi connectivity index (χ0) is 21.5. The van der Waals surface area contributed by atoms with E-state index in [9.17, 15) is 22.8 Å². The van der Waals surface area contributed by atoms with Crippen molar-refractivity contribution in [2.24, 2.45) is 0 Å². The van der Waals surface area contributed by atoms with E-state index in [4.69, 9.17) is 11.6 Å². The van der Waals surface area contributed by atoms with E-state index in [0.717, 1.165) is 36.3 Å². The number of carbonyl (C=O) groups is 2. The first kappa shape index (κ1) is 20.5. The van der Waals surface area contributed by atoms with Gasteiger partial charge >= 0.3 is 6.18 Å². The third-order valence-corrected chi connectivity index (χ3v) is 5.64. The second kappa shape index (κ2) is 7.80. The van der Waals surface area contributed by atoms with Gasteiger partial charge in [0.15, 0.2) is 0 Å². The van der Waals surface area contributed by atoms with Gasteiger partial charge in [0.2, 0.25) is 0 Å². The molecule has 0 unspecified atom stereocenters. The summed E-state index contributed by atoms with van der Waals surface area (Å²) in [4.78, 5) is 29.3. The number of rotatable bonds is 3. The first-order chi connectivity index (χ1) is 14.3. The molecule has 0 saturated carbocycles. The Labute approximate surface area is 176 Å². The number of anilines is 1. The molecule has 4 nitrogen and oxygen atoms in total. The number of piperidine rings is 1. The molecule has 8 heteroatoms. The largest absolute Gasteiger partial charge is 0.417 e. The molecule has 1 fully saturated rings. The standard InChI is InChI=1S/C22H18ClF3N2O2/c23-17-10-9-15(13-16(17)22(24,25)26)28-20(29)18(14-7-3-1-4-8-14)19(21(28)30)27-11-5-2-6-12-27/h1,3-4,7-10,13H,2,5-6,11-12H2. The van der Waals surface area contributed by atoms with Crippen molar-refractivity contribution < 1.29 is 22.8 Å². The van der Waals surface area contributed by atoms with Crippen LogP contribution in [-0.4, -0.2) is 29.8 Å². The lowest BCUT2D eigenvalue weighted by atomic mass is 10.0. The summed E-state index contributed by atoms with van der Waals surface area (Å²) in [6.45, 7) is 1.24. The van der Waals surface area contributed by atoms with E-state index in [-0.39, 0.29) is 17.0 Å². The smallest absolute Gasteiger partial charge is 0.366 e. The molecule has 2 aromatic rings. The quantitative estimate of drug-likeness (QED) is 0.629. The van der Waals surface area contributed by atoms with Crippen molar-refractivity contribution in [2.75, 3.05) is 18.0 Å². The van der Waals surface area contributed by atoms with E-state index in [2.05, 4.69) is 0 Å². The van der Waals surface area contributed by atoms with Crippen LogP contribution in [-0.2, 0) is 15.8 Å². The molecule has 0 bridgehead atoms. The van der Waals surface area contributed by atoms with Gasteiger partial charge in [0.05, 0.1) is 21.8 Å². The maximum Gasteiger partial charge on any atom is 0.417 e. The molecule has 2 amide bonds. The Hall–Kier alpha value is -2.80. The van der Waals surface area contributed by atoms with Gasteiger partial charge in [-0.2, -0.15) is 13.2 Å². The normalized spacial score (nSPS) is 17.9. The van der Waals surface area contributed by atoms with Crippen LogP contribution in [0.5, 0.6) is 0 Å². The van der Waals surface area contributed by atoms with Gasteiger partial charge in [0.25, 0.3) is 11.8 Å². The molecule has 0 atom stereocenters. The summed E-state index contributed by atoms with van der Waals surface area (Å²) < 4.78 is 40.0. The van der Waals surface area contributed by atoms with Crippen LogP contribution in [0.1, 0.15) is 30.4 Å². The number of hydrogen-bond donors (Lipinski definition) is 0. The van der Waals surface area contributed by atoms with Gasteiger partial charge in [0, 0.05) is 13.1 Å². The second-order valence-electron chi connectivity index (χ2n) is 7.24. The lowest BCUT2D eigenvalue weighted by Crippen LogP contribution is -2.37. The lowest BCUT2D eigenvalue weighted by Gasteiger charge is -2.29. The molecule has 1 saturated heterocycles. The number of nitrogens with zero attached hydrogens (tertiary/aromatic N) is 2. The lowest BCUT2D eigenvalue weighted by molar-refractivity contribution is -0.137. The molecular formula is C22H18ClF3N2O2. The van der Waals surface area contributed by atoms with Gasteiger partial charge in [-0.05, 0) is 43.0 Å². The molecule has 2 aliphatic rings. The molecule has 4 rings (SSSR count). The Morgan fingerprint density at radius 3 is 2.17 bits per heavy atom. The SMILES string of the molecule is O=C1C(c2ccccc2)=C(N2CCCCC2)C(=O)N1c1ccc(Cl)c(C(F)(F)F)c1. The van der Waals surface area contributed by atoms with Crippen molar-refractivity contribution in [3.63, 3.8) is 0 Å². The Bertz CT molecular complexity index is 1030. The number of hydrogen-bond acceptors (Lipinski definition) is 3. The highest BCUT2D eigenvalue weighted by molar-refractivity contribution is 6.45. The third kappa shape index (κ3) is 3.58. The molecule has 2 aromatic carbocycles. The van der Waals surface area contributed by atoms with Crippen LogP contribution in [0.2, 0.25) is 5.02 Å². The maximum absolute atomic E-state index is 13.3. The summed E-state index contributed by atoms with van der Waals surface area (Å²) in [5, 5.41) is -0.488. The average Bonchev–Trinajstić information content (AvgIpc) is 2.99. The average molecular weight is 435 g/mol. The van der Waals surface area contributed by atoms with E-state index in [1.807, 2.05) is 4.90 Å². The molecule has 0 radical (unpaired) electrons. The van der Waals surface area contributed by atoms with Crippen LogP contribution in [0.3, 0.4) is 0 Å². The molecule has 2 heterocycles. The van der Waals surface area contributed by atoms with Crippen molar-refractivity contribution >= 4 is 34.7 Å². The minimum Gasteiger partial charge on any atom is -0.366 e. The zero-order valence-corrected chi connectivity index (χ0v) is 16.6. The van der Waals surface area contributed by atoms with Crippen molar-refractivity contribution in [3.05, 3.63) is 70.4 Å². The van der Waals surface area contributed by atoms with Crippen LogP contribution in [0.25, 0.3) is 5.57 Å². The summed E-state index contributed by atoms with van der Waals surface area (Å²) in [5.74, 6) is -1.25. The number of amides is 2.